The highest BCUT2D eigenvalue weighted by Gasteiger charge is 2.22. The Morgan fingerprint density at radius 2 is 1.95 bits per heavy atom. The topological polar surface area (TPSA) is 50.8 Å². The summed E-state index contributed by atoms with van der Waals surface area (Å²) in [5.74, 6) is 0.784. The summed E-state index contributed by atoms with van der Waals surface area (Å²) in [7, 11) is 1.62. The molecule has 1 atom stereocenters. The number of anilines is 1. The maximum absolute atomic E-state index is 12.1. The molecule has 1 heterocycles. The molecule has 5 nitrogen and oxygen atoms in total. The highest BCUT2D eigenvalue weighted by atomic mass is 16.5. The Kier molecular flexibility index (Phi) is 4.76. The molecular formula is C14H20N2O3. The van der Waals surface area contributed by atoms with Crippen molar-refractivity contribution in [1.82, 2.24) is 4.90 Å². The van der Waals surface area contributed by atoms with Gasteiger partial charge in [0.2, 0.25) is 5.91 Å². The predicted octanol–water partition coefficient (Wildman–Crippen LogP) is 1.35. The lowest BCUT2D eigenvalue weighted by atomic mass is 10.2. The van der Waals surface area contributed by atoms with Gasteiger partial charge in [-0.25, -0.2) is 0 Å². The van der Waals surface area contributed by atoms with Crippen LogP contribution in [0.2, 0.25) is 0 Å². The quantitative estimate of drug-likeness (QED) is 0.892. The standard InChI is InChI=1S/C14H20N2O3/c1-11(16-7-9-19-10-8-16)14(17)15-12-3-5-13(18-2)6-4-12/h3-6,11H,7-10H2,1-2H3,(H,15,17)/t11-/m0/s1. The van der Waals surface area contributed by atoms with Gasteiger partial charge in [0.05, 0.1) is 26.4 Å². The molecule has 0 spiro atoms. The van der Waals surface area contributed by atoms with E-state index in [1.165, 1.54) is 0 Å². The fraction of sp³-hybridized carbons (Fsp3) is 0.500. The summed E-state index contributed by atoms with van der Waals surface area (Å²) in [5.41, 5.74) is 0.783. The van der Waals surface area contributed by atoms with Crippen LogP contribution in [-0.4, -0.2) is 50.3 Å². The number of ether oxygens (including phenoxy) is 2. The molecule has 19 heavy (non-hydrogen) atoms. The van der Waals surface area contributed by atoms with Crippen molar-refractivity contribution >= 4 is 11.6 Å². The van der Waals surface area contributed by atoms with Crippen molar-refractivity contribution in [3.8, 4) is 5.75 Å². The predicted molar refractivity (Wildman–Crippen MR) is 73.5 cm³/mol. The fourth-order valence-electron chi connectivity index (χ4n) is 2.05. The minimum Gasteiger partial charge on any atom is -0.497 e. The number of nitrogens with zero attached hydrogens (tertiary/aromatic N) is 1. The molecule has 0 bridgehead atoms. The van der Waals surface area contributed by atoms with Crippen LogP contribution in [0.25, 0.3) is 0 Å². The number of carbonyl (C=O) groups is 1. The van der Waals surface area contributed by atoms with E-state index < -0.39 is 0 Å². The van der Waals surface area contributed by atoms with Crippen LogP contribution < -0.4 is 10.1 Å². The highest BCUT2D eigenvalue weighted by Crippen LogP contribution is 2.15. The van der Waals surface area contributed by atoms with E-state index in [-0.39, 0.29) is 11.9 Å². The summed E-state index contributed by atoms with van der Waals surface area (Å²) in [6.45, 7) is 4.92. The molecule has 1 aliphatic heterocycles. The Labute approximate surface area is 113 Å². The summed E-state index contributed by atoms with van der Waals surface area (Å²) >= 11 is 0. The summed E-state index contributed by atoms with van der Waals surface area (Å²) in [4.78, 5) is 14.3. The van der Waals surface area contributed by atoms with Crippen LogP contribution >= 0.6 is 0 Å². The van der Waals surface area contributed by atoms with E-state index in [1.54, 1.807) is 7.11 Å². The lowest BCUT2D eigenvalue weighted by Crippen LogP contribution is -2.47. The van der Waals surface area contributed by atoms with Gasteiger partial charge in [-0.2, -0.15) is 0 Å². The van der Waals surface area contributed by atoms with Crippen molar-refractivity contribution in [2.24, 2.45) is 0 Å². The average molecular weight is 264 g/mol. The first-order chi connectivity index (χ1) is 9.20. The smallest absolute Gasteiger partial charge is 0.241 e. The van der Waals surface area contributed by atoms with Crippen LogP contribution in [0, 0.1) is 0 Å². The summed E-state index contributed by atoms with van der Waals surface area (Å²) < 4.78 is 10.4. The Balaban J connectivity index is 1.91. The van der Waals surface area contributed by atoms with Crippen molar-refractivity contribution in [3.05, 3.63) is 24.3 Å². The van der Waals surface area contributed by atoms with Crippen LogP contribution in [0.3, 0.4) is 0 Å². The molecule has 1 fully saturated rings. The third kappa shape index (κ3) is 3.68. The molecule has 5 heteroatoms. The van der Waals surface area contributed by atoms with Gasteiger partial charge in [0.25, 0.3) is 0 Å². The van der Waals surface area contributed by atoms with E-state index in [4.69, 9.17) is 9.47 Å². The zero-order valence-electron chi connectivity index (χ0n) is 11.4. The summed E-state index contributed by atoms with van der Waals surface area (Å²) in [5, 5.41) is 2.91. The second-order valence-electron chi connectivity index (χ2n) is 4.54. The van der Waals surface area contributed by atoms with Gasteiger partial charge in [-0.15, -0.1) is 0 Å². The summed E-state index contributed by atoms with van der Waals surface area (Å²) in [6, 6.07) is 7.18. The Morgan fingerprint density at radius 1 is 1.32 bits per heavy atom. The van der Waals surface area contributed by atoms with Crippen LogP contribution in [-0.2, 0) is 9.53 Å². The maximum atomic E-state index is 12.1. The van der Waals surface area contributed by atoms with E-state index in [0.717, 1.165) is 24.5 Å². The lowest BCUT2D eigenvalue weighted by molar-refractivity contribution is -0.122. The monoisotopic (exact) mass is 264 g/mol. The first kappa shape index (κ1) is 13.8. The van der Waals surface area contributed by atoms with Gasteiger partial charge >= 0.3 is 0 Å². The molecule has 1 amide bonds. The van der Waals surface area contributed by atoms with Gasteiger partial charge in [-0.05, 0) is 31.2 Å². The minimum atomic E-state index is -0.147. The molecule has 1 aromatic rings. The van der Waals surface area contributed by atoms with Gasteiger partial charge in [0.15, 0.2) is 0 Å². The fourth-order valence-corrected chi connectivity index (χ4v) is 2.05. The van der Waals surface area contributed by atoms with Crippen molar-refractivity contribution in [2.45, 2.75) is 13.0 Å². The number of morpholine rings is 1. The second-order valence-corrected chi connectivity index (χ2v) is 4.54. The Hall–Kier alpha value is -1.59. The van der Waals surface area contributed by atoms with Gasteiger partial charge in [-0.3, -0.25) is 9.69 Å². The largest absolute Gasteiger partial charge is 0.497 e. The van der Waals surface area contributed by atoms with Crippen LogP contribution in [0.1, 0.15) is 6.92 Å². The van der Waals surface area contributed by atoms with Crippen molar-refractivity contribution in [3.63, 3.8) is 0 Å². The molecular weight excluding hydrogens is 244 g/mol. The minimum absolute atomic E-state index is 0.00654. The molecule has 104 valence electrons. The summed E-state index contributed by atoms with van der Waals surface area (Å²) in [6.07, 6.45) is 0. The van der Waals surface area contributed by atoms with E-state index in [1.807, 2.05) is 31.2 Å². The third-order valence-electron chi connectivity index (χ3n) is 3.33. The number of amides is 1. The Morgan fingerprint density at radius 3 is 2.53 bits per heavy atom. The van der Waals surface area contributed by atoms with Crippen LogP contribution in [0.4, 0.5) is 5.69 Å². The molecule has 1 aromatic carbocycles. The van der Waals surface area contributed by atoms with Gasteiger partial charge in [0, 0.05) is 18.8 Å². The number of nitrogens with one attached hydrogen (secondary N) is 1. The van der Waals surface area contributed by atoms with E-state index in [2.05, 4.69) is 10.2 Å². The molecule has 2 rings (SSSR count). The van der Waals surface area contributed by atoms with Crippen molar-refractivity contribution in [1.29, 1.82) is 0 Å². The molecule has 0 saturated carbocycles. The number of benzene rings is 1. The van der Waals surface area contributed by atoms with Gasteiger partial charge < -0.3 is 14.8 Å². The number of hydrogen-bond acceptors (Lipinski definition) is 4. The van der Waals surface area contributed by atoms with Crippen molar-refractivity contribution in [2.75, 3.05) is 38.7 Å². The molecule has 1 aliphatic rings. The van der Waals surface area contributed by atoms with E-state index in [9.17, 15) is 4.79 Å². The molecule has 0 aliphatic carbocycles. The number of methoxy groups -OCH3 is 1. The van der Waals surface area contributed by atoms with Gasteiger partial charge in [0.1, 0.15) is 5.75 Å². The molecule has 0 radical (unpaired) electrons. The lowest BCUT2D eigenvalue weighted by Gasteiger charge is -2.31. The van der Waals surface area contributed by atoms with E-state index >= 15 is 0 Å². The number of hydrogen-bond donors (Lipinski definition) is 1. The first-order valence-electron chi connectivity index (χ1n) is 6.47. The Bertz CT molecular complexity index is 413. The molecule has 1 N–H and O–H groups in total. The molecule has 0 unspecified atom stereocenters. The van der Waals surface area contributed by atoms with Crippen molar-refractivity contribution < 1.29 is 14.3 Å². The second kappa shape index (κ2) is 6.54. The van der Waals surface area contributed by atoms with Crippen LogP contribution in [0.15, 0.2) is 24.3 Å². The highest BCUT2D eigenvalue weighted by molar-refractivity contribution is 5.94. The first-order valence-corrected chi connectivity index (χ1v) is 6.47. The SMILES string of the molecule is COc1ccc(NC(=O)[C@H](C)N2CCOCC2)cc1. The van der Waals surface area contributed by atoms with E-state index in [0.29, 0.717) is 13.2 Å². The van der Waals surface area contributed by atoms with Gasteiger partial charge in [-0.1, -0.05) is 0 Å². The number of rotatable bonds is 4. The zero-order chi connectivity index (χ0) is 13.7. The van der Waals surface area contributed by atoms with Crippen LogP contribution in [0.5, 0.6) is 5.75 Å². The normalized spacial score (nSPS) is 17.8. The molecule has 0 aromatic heterocycles. The number of carbonyl (C=O) groups excluding carboxylic acids is 1. The molecule has 1 saturated heterocycles. The average Bonchev–Trinajstić information content (AvgIpc) is 2.48. The zero-order valence-corrected chi connectivity index (χ0v) is 11.4. The maximum Gasteiger partial charge on any atom is 0.241 e. The third-order valence-corrected chi connectivity index (χ3v) is 3.33.